The molecule has 1 aliphatic rings. The van der Waals surface area contributed by atoms with Gasteiger partial charge >= 0.3 is 5.97 Å². The summed E-state index contributed by atoms with van der Waals surface area (Å²) in [5.74, 6) is -1.20. The van der Waals surface area contributed by atoms with Crippen molar-refractivity contribution in [2.45, 2.75) is 30.8 Å². The van der Waals surface area contributed by atoms with Gasteiger partial charge in [-0.05, 0) is 18.6 Å². The second-order valence-electron chi connectivity index (χ2n) is 5.32. The number of sulfonamides is 1. The Labute approximate surface area is 133 Å². The fourth-order valence-corrected chi connectivity index (χ4v) is 4.45. The number of hydrogen-bond donors (Lipinski definition) is 1. The van der Waals surface area contributed by atoms with Crippen LogP contribution in [0.5, 0.6) is 0 Å². The first-order valence-electron chi connectivity index (χ1n) is 7.00. The highest BCUT2D eigenvalue weighted by atomic mass is 32.2. The summed E-state index contributed by atoms with van der Waals surface area (Å²) < 4.78 is 26.9. The van der Waals surface area contributed by atoms with Crippen molar-refractivity contribution in [1.29, 1.82) is 0 Å². The molecule has 0 radical (unpaired) electrons. The number of carbonyl (C=O) groups is 1. The molecule has 1 aromatic heterocycles. The van der Waals surface area contributed by atoms with Gasteiger partial charge in [0.15, 0.2) is 0 Å². The highest BCUT2D eigenvalue weighted by Gasteiger charge is 2.41. The standard InChI is InChI=1S/C15H15N3O4S/c1-10-4-2-3-5-14(10)23(21,22)18-9-12-11(16-6-7-17-12)8-13(18)15(19)20/h2-7,13H,8-9H2,1H3,(H,19,20)/t13-/m1/s1. The predicted molar refractivity (Wildman–Crippen MR) is 81.1 cm³/mol. The highest BCUT2D eigenvalue weighted by molar-refractivity contribution is 7.89. The average molecular weight is 333 g/mol. The van der Waals surface area contributed by atoms with E-state index in [2.05, 4.69) is 9.97 Å². The minimum Gasteiger partial charge on any atom is -0.480 e. The van der Waals surface area contributed by atoms with Crippen molar-refractivity contribution in [2.24, 2.45) is 0 Å². The lowest BCUT2D eigenvalue weighted by molar-refractivity contribution is -0.141. The first-order valence-corrected chi connectivity index (χ1v) is 8.44. The maximum Gasteiger partial charge on any atom is 0.322 e. The van der Waals surface area contributed by atoms with E-state index in [4.69, 9.17) is 0 Å². The van der Waals surface area contributed by atoms with E-state index in [1.54, 1.807) is 25.1 Å². The summed E-state index contributed by atoms with van der Waals surface area (Å²) in [4.78, 5) is 19.9. The Kier molecular flexibility index (Phi) is 3.87. The van der Waals surface area contributed by atoms with Crippen LogP contribution in [0.3, 0.4) is 0 Å². The SMILES string of the molecule is Cc1ccccc1S(=O)(=O)N1Cc2nccnc2C[C@@H]1C(=O)O. The molecule has 0 saturated heterocycles. The van der Waals surface area contributed by atoms with Gasteiger partial charge in [0.05, 0.1) is 22.8 Å². The zero-order valence-electron chi connectivity index (χ0n) is 12.4. The Hall–Kier alpha value is -2.32. The van der Waals surface area contributed by atoms with Gasteiger partial charge in [0.1, 0.15) is 6.04 Å². The fourth-order valence-electron chi connectivity index (χ4n) is 2.68. The number of rotatable bonds is 3. The lowest BCUT2D eigenvalue weighted by Gasteiger charge is -2.32. The van der Waals surface area contributed by atoms with E-state index < -0.39 is 22.0 Å². The second-order valence-corrected chi connectivity index (χ2v) is 7.18. The van der Waals surface area contributed by atoms with E-state index in [1.807, 2.05) is 0 Å². The van der Waals surface area contributed by atoms with Crippen LogP contribution in [0.4, 0.5) is 0 Å². The van der Waals surface area contributed by atoms with Gasteiger partial charge in [-0.25, -0.2) is 8.42 Å². The molecule has 1 atom stereocenters. The predicted octanol–water partition coefficient (Wildman–Crippen LogP) is 0.985. The molecule has 0 spiro atoms. The summed E-state index contributed by atoms with van der Waals surface area (Å²) in [5.41, 5.74) is 1.58. The van der Waals surface area contributed by atoms with Crippen molar-refractivity contribution in [3.8, 4) is 0 Å². The number of aryl methyl sites for hydroxylation is 1. The molecule has 23 heavy (non-hydrogen) atoms. The van der Waals surface area contributed by atoms with Crippen molar-refractivity contribution in [3.05, 3.63) is 53.6 Å². The van der Waals surface area contributed by atoms with E-state index in [1.165, 1.54) is 18.5 Å². The van der Waals surface area contributed by atoms with E-state index in [0.29, 0.717) is 17.0 Å². The summed E-state index contributed by atoms with van der Waals surface area (Å²) in [6.07, 6.45) is 2.95. The Balaban J connectivity index is 2.10. The van der Waals surface area contributed by atoms with Crippen LogP contribution >= 0.6 is 0 Å². The topological polar surface area (TPSA) is 100 Å². The molecular weight excluding hydrogens is 318 g/mol. The number of nitrogens with zero attached hydrogens (tertiary/aromatic N) is 3. The minimum absolute atomic E-state index is 0.00359. The molecule has 0 amide bonds. The van der Waals surface area contributed by atoms with E-state index >= 15 is 0 Å². The third-order valence-corrected chi connectivity index (χ3v) is 5.88. The van der Waals surface area contributed by atoms with Crippen LogP contribution in [0.1, 0.15) is 17.0 Å². The quantitative estimate of drug-likeness (QED) is 0.899. The number of aliphatic carboxylic acids is 1. The molecule has 8 heteroatoms. The molecule has 2 heterocycles. The van der Waals surface area contributed by atoms with Gasteiger partial charge in [0, 0.05) is 18.8 Å². The maximum absolute atomic E-state index is 12.9. The Morgan fingerprint density at radius 2 is 1.87 bits per heavy atom. The van der Waals surface area contributed by atoms with Gasteiger partial charge in [0.25, 0.3) is 0 Å². The molecule has 0 saturated carbocycles. The Morgan fingerprint density at radius 3 is 2.52 bits per heavy atom. The molecule has 0 aliphatic carbocycles. The number of carboxylic acid groups (broad SMARTS) is 1. The summed E-state index contributed by atoms with van der Waals surface area (Å²) in [5, 5.41) is 9.46. The summed E-state index contributed by atoms with van der Waals surface area (Å²) in [6, 6.07) is 5.33. The molecule has 1 aliphatic heterocycles. The van der Waals surface area contributed by atoms with Gasteiger partial charge < -0.3 is 5.11 Å². The zero-order chi connectivity index (χ0) is 16.6. The first-order chi connectivity index (χ1) is 10.9. The second kappa shape index (κ2) is 5.71. The van der Waals surface area contributed by atoms with Crippen molar-refractivity contribution in [2.75, 3.05) is 0 Å². The smallest absolute Gasteiger partial charge is 0.322 e. The number of aromatic nitrogens is 2. The molecule has 3 rings (SSSR count). The van der Waals surface area contributed by atoms with E-state index in [0.717, 1.165) is 4.31 Å². The molecule has 120 valence electrons. The monoisotopic (exact) mass is 333 g/mol. The molecule has 7 nitrogen and oxygen atoms in total. The number of benzene rings is 1. The zero-order valence-corrected chi connectivity index (χ0v) is 13.2. The summed E-state index contributed by atoms with van der Waals surface area (Å²) >= 11 is 0. The first kappa shape index (κ1) is 15.6. The fraction of sp³-hybridized carbons (Fsp3) is 0.267. The number of fused-ring (bicyclic) bond motifs is 1. The third kappa shape index (κ3) is 2.71. The van der Waals surface area contributed by atoms with Gasteiger partial charge in [-0.3, -0.25) is 14.8 Å². The summed E-state index contributed by atoms with van der Waals surface area (Å²) in [6.45, 7) is 1.58. The lowest BCUT2D eigenvalue weighted by Crippen LogP contribution is -2.49. The van der Waals surface area contributed by atoms with Crippen LogP contribution in [-0.2, 0) is 27.8 Å². The Morgan fingerprint density at radius 1 is 1.22 bits per heavy atom. The molecule has 0 fully saturated rings. The average Bonchev–Trinajstić information content (AvgIpc) is 2.53. The normalized spacial score (nSPS) is 18.4. The van der Waals surface area contributed by atoms with Crippen LogP contribution in [0, 0.1) is 6.92 Å². The molecule has 0 unspecified atom stereocenters. The van der Waals surface area contributed by atoms with Crippen molar-refractivity contribution < 1.29 is 18.3 Å². The largest absolute Gasteiger partial charge is 0.480 e. The highest BCUT2D eigenvalue weighted by Crippen LogP contribution is 2.28. The minimum atomic E-state index is -3.94. The van der Waals surface area contributed by atoms with Gasteiger partial charge in [-0.15, -0.1) is 0 Å². The maximum atomic E-state index is 12.9. The van der Waals surface area contributed by atoms with Crippen molar-refractivity contribution >= 4 is 16.0 Å². The van der Waals surface area contributed by atoms with E-state index in [-0.39, 0.29) is 17.9 Å². The molecule has 1 N–H and O–H groups in total. The van der Waals surface area contributed by atoms with Crippen molar-refractivity contribution in [3.63, 3.8) is 0 Å². The Bertz CT molecular complexity index is 867. The number of hydrogen-bond acceptors (Lipinski definition) is 5. The molecular formula is C15H15N3O4S. The van der Waals surface area contributed by atoms with Gasteiger partial charge in [-0.1, -0.05) is 18.2 Å². The molecule has 2 aromatic rings. The van der Waals surface area contributed by atoms with Crippen LogP contribution in [0.25, 0.3) is 0 Å². The number of carboxylic acids is 1. The van der Waals surface area contributed by atoms with Gasteiger partial charge in [0.2, 0.25) is 10.0 Å². The summed E-state index contributed by atoms with van der Waals surface area (Å²) in [7, 11) is -3.94. The lowest BCUT2D eigenvalue weighted by atomic mass is 10.1. The van der Waals surface area contributed by atoms with Crippen LogP contribution in [0.15, 0.2) is 41.6 Å². The third-order valence-electron chi connectivity index (χ3n) is 3.87. The van der Waals surface area contributed by atoms with Crippen molar-refractivity contribution in [1.82, 2.24) is 14.3 Å². The van der Waals surface area contributed by atoms with Crippen LogP contribution in [-0.4, -0.2) is 39.8 Å². The van der Waals surface area contributed by atoms with E-state index in [9.17, 15) is 18.3 Å². The molecule has 1 aromatic carbocycles. The molecule has 0 bridgehead atoms. The van der Waals surface area contributed by atoms with Gasteiger partial charge in [-0.2, -0.15) is 4.31 Å². The van der Waals surface area contributed by atoms with Crippen LogP contribution in [0.2, 0.25) is 0 Å². The van der Waals surface area contributed by atoms with Crippen LogP contribution < -0.4 is 0 Å².